The Morgan fingerprint density at radius 3 is 1.88 bits per heavy atom. The largest absolute Gasteiger partial charge is 0.497 e. The van der Waals surface area contributed by atoms with Gasteiger partial charge in [0.05, 0.1) is 51.8 Å². The summed E-state index contributed by atoms with van der Waals surface area (Å²) in [5.74, 6) is 1.72. The maximum atomic E-state index is 7.36. The van der Waals surface area contributed by atoms with Crippen LogP contribution in [0, 0.1) is 5.92 Å². The Morgan fingerprint density at radius 2 is 1.39 bits per heavy atom. The zero-order valence-corrected chi connectivity index (χ0v) is 34.8. The molecule has 7 nitrogen and oxygen atoms in total. The Morgan fingerprint density at radius 1 is 0.824 bits per heavy atom. The normalized spacial score (nSPS) is 15.5. The maximum absolute atomic E-state index is 7.36. The molecule has 2 aromatic carbocycles. The predicted molar refractivity (Wildman–Crippen MR) is 213 cm³/mol. The highest BCUT2D eigenvalue weighted by atomic mass is 28.4. The van der Waals surface area contributed by atoms with E-state index in [4.69, 9.17) is 32.8 Å². The zero-order chi connectivity index (χ0) is 37.9. The topological polar surface area (TPSA) is 64.6 Å². The lowest BCUT2D eigenvalue weighted by atomic mass is 9.90. The second-order valence-corrected chi connectivity index (χ2v) is 20.1. The van der Waals surface area contributed by atoms with Gasteiger partial charge in [-0.2, -0.15) is 0 Å². The molecule has 0 saturated carbocycles. The van der Waals surface area contributed by atoms with Crippen LogP contribution in [0.1, 0.15) is 97.6 Å². The lowest BCUT2D eigenvalue weighted by Gasteiger charge is -2.43. The van der Waals surface area contributed by atoms with E-state index in [0.29, 0.717) is 13.2 Å². The van der Waals surface area contributed by atoms with Gasteiger partial charge in [-0.05, 0) is 99.0 Å². The van der Waals surface area contributed by atoms with Crippen molar-refractivity contribution in [2.45, 2.75) is 142 Å². The number of ether oxygens (including phenoxy) is 6. The van der Waals surface area contributed by atoms with Gasteiger partial charge in [-0.1, -0.05) is 83.0 Å². The van der Waals surface area contributed by atoms with E-state index >= 15 is 0 Å². The van der Waals surface area contributed by atoms with Gasteiger partial charge in [0.2, 0.25) is 0 Å². The standard InChI is InChI=1S/C43H70O7Si/c1-13-15-16-18-40(47-30-35-19-23-37(45-9)24-20-35)29-42(50-51(11,12)43(5,6)7)34(4)41(48-31-36-21-25-38(46-10)26-22-36)28-33(3)27-39(17-14-2)49-32-44-8/h13,19-26,28,34,39-42H,1,14-18,27,29-32H2,2-12H3/b33-28+/t34-,39-,40-,41-,42+/m1/s1. The average molecular weight is 727 g/mol. The third-order valence-corrected chi connectivity index (χ3v) is 14.6. The molecule has 2 aromatic rings. The highest BCUT2D eigenvalue weighted by molar-refractivity contribution is 6.74. The third kappa shape index (κ3) is 16.4. The second kappa shape index (κ2) is 23.3. The van der Waals surface area contributed by atoms with Crippen molar-refractivity contribution < 1.29 is 32.8 Å². The molecule has 8 heteroatoms. The molecule has 0 aliphatic rings. The minimum Gasteiger partial charge on any atom is -0.497 e. The van der Waals surface area contributed by atoms with Crippen LogP contribution in [0.2, 0.25) is 18.1 Å². The first-order chi connectivity index (χ1) is 24.3. The van der Waals surface area contributed by atoms with Gasteiger partial charge < -0.3 is 32.8 Å². The minimum absolute atomic E-state index is 0.00737. The molecule has 0 unspecified atom stereocenters. The molecule has 0 N–H and O–H groups in total. The summed E-state index contributed by atoms with van der Waals surface area (Å²) in [4.78, 5) is 0. The highest BCUT2D eigenvalue weighted by Crippen LogP contribution is 2.40. The van der Waals surface area contributed by atoms with Crippen molar-refractivity contribution in [1.29, 1.82) is 0 Å². The first-order valence-electron chi connectivity index (χ1n) is 18.8. The van der Waals surface area contributed by atoms with Crippen LogP contribution in [0.15, 0.2) is 72.8 Å². The van der Waals surface area contributed by atoms with Crippen LogP contribution in [0.5, 0.6) is 11.5 Å². The van der Waals surface area contributed by atoms with Gasteiger partial charge in [0, 0.05) is 13.0 Å². The molecule has 5 atom stereocenters. The van der Waals surface area contributed by atoms with Gasteiger partial charge in [0.25, 0.3) is 0 Å². The molecule has 0 aliphatic carbocycles. The quantitative estimate of drug-likeness (QED) is 0.0414. The summed E-state index contributed by atoms with van der Waals surface area (Å²) in [5.41, 5.74) is 3.45. The summed E-state index contributed by atoms with van der Waals surface area (Å²) in [6.45, 7) is 23.5. The summed E-state index contributed by atoms with van der Waals surface area (Å²) in [7, 11) is 2.87. The van der Waals surface area contributed by atoms with Crippen LogP contribution in [0.4, 0.5) is 0 Å². The monoisotopic (exact) mass is 726 g/mol. The van der Waals surface area contributed by atoms with Crippen molar-refractivity contribution in [3.05, 3.63) is 84.0 Å². The number of rotatable bonds is 26. The zero-order valence-electron chi connectivity index (χ0n) is 33.8. The van der Waals surface area contributed by atoms with E-state index in [2.05, 4.69) is 91.6 Å². The van der Waals surface area contributed by atoms with Crippen LogP contribution in [0.3, 0.4) is 0 Å². The highest BCUT2D eigenvalue weighted by Gasteiger charge is 2.42. The van der Waals surface area contributed by atoms with E-state index in [9.17, 15) is 0 Å². The number of allylic oxidation sites excluding steroid dienone is 1. The Balaban J connectivity index is 2.49. The fourth-order valence-corrected chi connectivity index (χ4v) is 7.22. The first-order valence-corrected chi connectivity index (χ1v) is 21.7. The summed E-state index contributed by atoms with van der Waals surface area (Å²) in [6.07, 6.45) is 10.6. The average Bonchev–Trinajstić information content (AvgIpc) is 3.10. The molecule has 0 saturated heterocycles. The molecule has 2 rings (SSSR count). The van der Waals surface area contributed by atoms with Crippen molar-refractivity contribution in [3.8, 4) is 11.5 Å². The van der Waals surface area contributed by atoms with Crippen molar-refractivity contribution >= 4 is 8.32 Å². The van der Waals surface area contributed by atoms with Gasteiger partial charge in [0.1, 0.15) is 18.3 Å². The molecule has 0 bridgehead atoms. The van der Waals surface area contributed by atoms with Crippen LogP contribution in [0.25, 0.3) is 0 Å². The van der Waals surface area contributed by atoms with Gasteiger partial charge in [-0.25, -0.2) is 0 Å². The van der Waals surface area contributed by atoms with E-state index in [-0.39, 0.29) is 42.2 Å². The van der Waals surface area contributed by atoms with Crippen LogP contribution < -0.4 is 9.47 Å². The summed E-state index contributed by atoms with van der Waals surface area (Å²) >= 11 is 0. The maximum Gasteiger partial charge on any atom is 0.192 e. The number of hydrogen-bond acceptors (Lipinski definition) is 7. The summed E-state index contributed by atoms with van der Waals surface area (Å²) in [5, 5.41) is 0.0462. The number of hydrogen-bond donors (Lipinski definition) is 0. The van der Waals surface area contributed by atoms with Gasteiger partial charge in [0.15, 0.2) is 8.32 Å². The molecule has 0 heterocycles. The summed E-state index contributed by atoms with van der Waals surface area (Å²) < 4.78 is 43.0. The fourth-order valence-electron chi connectivity index (χ4n) is 5.79. The molecule has 0 aliphatic heterocycles. The van der Waals surface area contributed by atoms with Gasteiger partial charge in [-0.15, -0.1) is 6.58 Å². The molecule has 0 fully saturated rings. The fraction of sp³-hybridized carbons (Fsp3) is 0.628. The van der Waals surface area contributed by atoms with E-state index < -0.39 is 8.32 Å². The summed E-state index contributed by atoms with van der Waals surface area (Å²) in [6, 6.07) is 16.2. The van der Waals surface area contributed by atoms with Gasteiger partial charge >= 0.3 is 0 Å². The van der Waals surface area contributed by atoms with Crippen LogP contribution in [-0.4, -0.2) is 60.9 Å². The number of unbranched alkanes of at least 4 members (excludes halogenated alkanes) is 1. The predicted octanol–water partition coefficient (Wildman–Crippen LogP) is 11.1. The molecule has 51 heavy (non-hydrogen) atoms. The minimum atomic E-state index is -2.18. The van der Waals surface area contributed by atoms with E-state index in [1.54, 1.807) is 21.3 Å². The van der Waals surface area contributed by atoms with Crippen molar-refractivity contribution in [1.82, 2.24) is 0 Å². The molecule has 0 radical (unpaired) electrons. The van der Waals surface area contributed by atoms with Crippen LogP contribution in [-0.2, 0) is 36.6 Å². The Bertz CT molecular complexity index is 1250. The van der Waals surface area contributed by atoms with Crippen molar-refractivity contribution in [2.24, 2.45) is 5.92 Å². The van der Waals surface area contributed by atoms with E-state index in [1.807, 2.05) is 30.3 Å². The van der Waals surface area contributed by atoms with E-state index in [0.717, 1.165) is 67.6 Å². The molecule has 0 spiro atoms. The molecular formula is C43H70O7Si. The molecule has 0 amide bonds. The van der Waals surface area contributed by atoms with Crippen LogP contribution >= 0.6 is 0 Å². The first kappa shape index (κ1) is 44.7. The smallest absolute Gasteiger partial charge is 0.192 e. The lowest BCUT2D eigenvalue weighted by Crippen LogP contribution is -2.48. The Labute approximate surface area is 312 Å². The third-order valence-electron chi connectivity index (χ3n) is 10.1. The molecule has 0 aromatic heterocycles. The van der Waals surface area contributed by atoms with Crippen molar-refractivity contribution in [2.75, 3.05) is 28.1 Å². The Kier molecular flexibility index (Phi) is 20.4. The second-order valence-electron chi connectivity index (χ2n) is 15.3. The number of benzene rings is 2. The van der Waals surface area contributed by atoms with E-state index in [1.165, 1.54) is 5.57 Å². The SMILES string of the molecule is C=CCCC[C@H](C[C@H](O[Si](C)(C)C(C)(C)C)[C@H](C)[C@@H](/C=C(\C)C[C@@H](CCC)OCOC)OCc1ccc(OC)cc1)OCc1ccc(OC)cc1. The van der Waals surface area contributed by atoms with Gasteiger partial charge in [-0.3, -0.25) is 0 Å². The number of methoxy groups -OCH3 is 3. The lowest BCUT2D eigenvalue weighted by molar-refractivity contribution is -0.0738. The molecule has 288 valence electrons. The Hall–Kier alpha value is -2.46. The molecular weight excluding hydrogens is 657 g/mol. The van der Waals surface area contributed by atoms with Crippen molar-refractivity contribution in [3.63, 3.8) is 0 Å².